The average Bonchev–Trinajstić information content (AvgIpc) is 3.07. The van der Waals surface area contributed by atoms with Gasteiger partial charge in [-0.25, -0.2) is 9.59 Å². The molecule has 1 saturated heterocycles. The molecule has 1 aliphatic heterocycles. The molecule has 2 aromatic rings. The number of ether oxygens (including phenoxy) is 7. The quantitative estimate of drug-likeness (QED) is 0.0658. The van der Waals surface area contributed by atoms with Crippen molar-refractivity contribution in [1.29, 1.82) is 0 Å². The molecule has 3 rings (SSSR count). The van der Waals surface area contributed by atoms with Crippen LogP contribution in [0.1, 0.15) is 39.9 Å². The van der Waals surface area contributed by atoms with Gasteiger partial charge in [0, 0.05) is 85.9 Å². The van der Waals surface area contributed by atoms with Gasteiger partial charge >= 0.3 is 12.1 Å². The normalized spacial score (nSPS) is 16.4. The SMILES string of the molecule is O=[C-]OCc1ccc(NC(=O)OCc2ccc(OC3CC(O)CC(C(=O)O)O3)c(C(=O)NCCOCCOCCO)c2)c(CO[C-]=O)c1.[Ta].[Tb]. The monoisotopic (exact) mass is 1020 g/mol. The summed E-state index contributed by atoms with van der Waals surface area (Å²) in [5.74, 6) is -1.83. The summed E-state index contributed by atoms with van der Waals surface area (Å²) in [6, 6.07) is 8.94. The summed E-state index contributed by atoms with van der Waals surface area (Å²) in [4.78, 5) is 58.3. The van der Waals surface area contributed by atoms with Crippen LogP contribution in [-0.4, -0.2) is 104 Å². The maximum Gasteiger partial charge on any atom is 0.411 e. The van der Waals surface area contributed by atoms with Gasteiger partial charge in [0.1, 0.15) is 12.4 Å². The molecule has 1 heterocycles. The summed E-state index contributed by atoms with van der Waals surface area (Å²) in [6.07, 6.45) is -4.51. The number of carboxylic acid groups (broad SMARTS) is 1. The number of carboxylic acids is 1. The Morgan fingerprint density at radius 2 is 1.58 bits per heavy atom. The maximum atomic E-state index is 13.2. The van der Waals surface area contributed by atoms with Crippen molar-refractivity contribution in [2.24, 2.45) is 0 Å². The fourth-order valence-corrected chi connectivity index (χ4v) is 4.40. The molecule has 50 heavy (non-hydrogen) atoms. The Morgan fingerprint density at radius 1 is 0.900 bits per heavy atom. The zero-order valence-corrected chi connectivity index (χ0v) is 31.8. The number of hydrogen-bond donors (Lipinski definition) is 5. The van der Waals surface area contributed by atoms with Gasteiger partial charge in [-0.3, -0.25) is 10.1 Å². The van der Waals surface area contributed by atoms with Gasteiger partial charge in [0.05, 0.1) is 63.6 Å². The van der Waals surface area contributed by atoms with Crippen LogP contribution in [0.15, 0.2) is 36.4 Å². The smallest absolute Gasteiger partial charge is 0.411 e. The minimum Gasteiger partial charge on any atom is -0.650 e. The molecule has 1 fully saturated rings. The Hall–Kier alpha value is -2.78. The van der Waals surface area contributed by atoms with Crippen molar-refractivity contribution in [2.75, 3.05) is 44.9 Å². The molecule has 19 heteroatoms. The van der Waals surface area contributed by atoms with Gasteiger partial charge in [0.2, 0.25) is 6.29 Å². The van der Waals surface area contributed by atoms with E-state index in [0.717, 1.165) is 0 Å². The van der Waals surface area contributed by atoms with Gasteiger partial charge in [0.15, 0.2) is 6.10 Å². The third-order valence-corrected chi connectivity index (χ3v) is 6.59. The van der Waals surface area contributed by atoms with Crippen LogP contribution in [0.2, 0.25) is 0 Å². The van der Waals surface area contributed by atoms with E-state index in [1.165, 1.54) is 43.3 Å². The van der Waals surface area contributed by atoms with Crippen molar-refractivity contribution >= 4 is 36.6 Å². The predicted octanol–water partition coefficient (Wildman–Crippen LogP) is 0.685. The number of carbonyl (C=O) groups excluding carboxylic acids is 4. The third kappa shape index (κ3) is 16.0. The molecular weight excluding hydrogens is 980 g/mol. The second-order valence-corrected chi connectivity index (χ2v) is 10.1. The van der Waals surface area contributed by atoms with E-state index in [4.69, 9.17) is 28.8 Å². The fourth-order valence-electron chi connectivity index (χ4n) is 4.40. The van der Waals surface area contributed by atoms with E-state index < -0.39 is 36.5 Å². The molecule has 0 saturated carbocycles. The van der Waals surface area contributed by atoms with Crippen LogP contribution < -0.4 is 15.4 Å². The molecule has 0 bridgehead atoms. The van der Waals surface area contributed by atoms with E-state index in [9.17, 15) is 34.2 Å². The number of amides is 2. The molecule has 0 aliphatic carbocycles. The van der Waals surface area contributed by atoms with Crippen LogP contribution in [0.4, 0.5) is 10.5 Å². The van der Waals surface area contributed by atoms with E-state index in [0.29, 0.717) is 16.7 Å². The van der Waals surface area contributed by atoms with Gasteiger partial charge in [-0.15, -0.1) is 0 Å². The van der Waals surface area contributed by atoms with Crippen molar-refractivity contribution in [3.8, 4) is 5.75 Å². The number of aliphatic hydroxyl groups excluding tert-OH is 2. The molecule has 0 aromatic heterocycles. The Kier molecular flexibility index (Phi) is 22.8. The van der Waals surface area contributed by atoms with Gasteiger partial charge in [-0.05, 0) is 35.4 Å². The summed E-state index contributed by atoms with van der Waals surface area (Å²) in [6.45, 7) is 2.79. The first-order chi connectivity index (χ1) is 23.2. The summed E-state index contributed by atoms with van der Waals surface area (Å²) in [5, 5.41) is 33.4. The number of hydrogen-bond acceptors (Lipinski definition) is 14. The first-order valence-electron chi connectivity index (χ1n) is 14.7. The zero-order chi connectivity index (χ0) is 34.7. The van der Waals surface area contributed by atoms with E-state index in [2.05, 4.69) is 20.1 Å². The Morgan fingerprint density at radius 3 is 2.28 bits per heavy atom. The Labute approximate surface area is 333 Å². The second-order valence-electron chi connectivity index (χ2n) is 10.1. The zero-order valence-electron chi connectivity index (χ0n) is 26.5. The number of benzene rings is 2. The van der Waals surface area contributed by atoms with Gasteiger partial charge < -0.3 is 63.4 Å². The number of aliphatic hydroxyl groups is 2. The first-order valence-corrected chi connectivity index (χ1v) is 14.7. The molecule has 276 valence electrons. The standard InChI is InChI=1S/C31H36N2O15.Ta.Tb/c34-6-8-43-10-9-42-7-5-32-29(38)24-12-21(2-4-26(24)47-28-14-23(37)13-27(48-28)30(39)40)16-46-31(41)33-25-3-1-20(15-44-18-35)11-22(25)17-45-19-36;;/h1-4,11-12,23,27-28,34,37H,5-10,13-17H2,(H,32,38)(H,33,41)(H,39,40);;/q-2;;. The molecule has 2 amide bonds. The number of aliphatic carboxylic acids is 1. The van der Waals surface area contributed by atoms with Crippen molar-refractivity contribution in [2.45, 2.75) is 51.2 Å². The fraction of sp³-hybridized carbons (Fsp3) is 0.452. The van der Waals surface area contributed by atoms with Crippen molar-refractivity contribution in [3.63, 3.8) is 0 Å². The minimum absolute atomic E-state index is 0. The van der Waals surface area contributed by atoms with Crippen LogP contribution in [0.5, 0.6) is 5.75 Å². The van der Waals surface area contributed by atoms with Gasteiger partial charge in [-0.2, -0.15) is 0 Å². The van der Waals surface area contributed by atoms with Crippen LogP contribution in [-0.2, 0) is 85.0 Å². The summed E-state index contributed by atoms with van der Waals surface area (Å²) < 4.78 is 36.4. The van der Waals surface area contributed by atoms with Crippen LogP contribution in [0, 0.1) is 38.6 Å². The maximum absolute atomic E-state index is 13.2. The summed E-state index contributed by atoms with van der Waals surface area (Å²) >= 11 is 0. The molecule has 3 atom stereocenters. The molecule has 2 aromatic carbocycles. The number of rotatable bonds is 21. The summed E-state index contributed by atoms with van der Waals surface area (Å²) in [5.41, 5.74) is 1.54. The molecule has 5 N–H and O–H groups in total. The minimum atomic E-state index is -1.30. The van der Waals surface area contributed by atoms with Crippen LogP contribution >= 0.6 is 0 Å². The second kappa shape index (κ2) is 25.2. The summed E-state index contributed by atoms with van der Waals surface area (Å²) in [7, 11) is 0. The van der Waals surface area contributed by atoms with Crippen molar-refractivity contribution < 1.29 is 133 Å². The van der Waals surface area contributed by atoms with E-state index >= 15 is 0 Å². The molecule has 2 radical (unpaired) electrons. The molecule has 0 spiro atoms. The third-order valence-electron chi connectivity index (χ3n) is 6.59. The molecule has 1 aliphatic rings. The van der Waals surface area contributed by atoms with Crippen molar-refractivity contribution in [1.82, 2.24) is 5.32 Å². The Balaban J connectivity index is 0.00000625. The molecular formula is C31H36N2O15TaTb-2. The van der Waals surface area contributed by atoms with Crippen LogP contribution in [0.25, 0.3) is 0 Å². The van der Waals surface area contributed by atoms with Gasteiger partial charge in [-0.1, -0.05) is 25.1 Å². The van der Waals surface area contributed by atoms with E-state index in [1.54, 1.807) is 6.07 Å². The van der Waals surface area contributed by atoms with Gasteiger partial charge in [0.25, 0.3) is 5.91 Å². The number of anilines is 1. The number of nitrogens with one attached hydrogen (secondary N) is 2. The first kappa shape index (κ1) is 45.2. The van der Waals surface area contributed by atoms with Crippen LogP contribution in [0.3, 0.4) is 0 Å². The molecule has 3 unspecified atom stereocenters. The van der Waals surface area contributed by atoms with E-state index in [1.807, 2.05) is 0 Å². The predicted molar refractivity (Wildman–Crippen MR) is 161 cm³/mol. The van der Waals surface area contributed by atoms with E-state index in [-0.39, 0.29) is 150 Å². The molecule has 17 nitrogen and oxygen atoms in total. The Bertz CT molecular complexity index is 1390. The average molecular weight is 1020 g/mol. The largest absolute Gasteiger partial charge is 0.650 e. The number of carbonyl (C=O) groups is 3. The topological polar surface area (TPSA) is 235 Å². The van der Waals surface area contributed by atoms with Crippen molar-refractivity contribution in [3.05, 3.63) is 58.7 Å².